The number of hydrogen-bond donors (Lipinski definition) is 2. The Balaban J connectivity index is 2.36. The van der Waals surface area contributed by atoms with Crippen LogP contribution < -0.4 is 10.5 Å². The zero-order valence-corrected chi connectivity index (χ0v) is 10.9. The van der Waals surface area contributed by atoms with E-state index in [0.717, 1.165) is 11.8 Å². The summed E-state index contributed by atoms with van der Waals surface area (Å²) < 4.78 is 39.7. The quantitative estimate of drug-likeness (QED) is 0.900. The van der Waals surface area contributed by atoms with Crippen LogP contribution >= 0.6 is 0 Å². The molecule has 7 heteroatoms. The fraction of sp³-hybridized carbons (Fsp3) is 0.0833. The molecule has 0 spiro atoms. The normalized spacial score (nSPS) is 11.3. The van der Waals surface area contributed by atoms with Gasteiger partial charge < -0.3 is 5.73 Å². The maximum Gasteiger partial charge on any atom is 0.263 e. The molecule has 0 amide bonds. The molecule has 3 N–H and O–H groups in total. The molecule has 0 radical (unpaired) electrons. The van der Waals surface area contributed by atoms with Crippen LogP contribution in [0.2, 0.25) is 0 Å². The van der Waals surface area contributed by atoms with Crippen molar-refractivity contribution >= 4 is 21.5 Å². The number of anilines is 2. The van der Waals surface area contributed by atoms with Crippen molar-refractivity contribution in [2.75, 3.05) is 10.5 Å². The molecule has 0 fully saturated rings. The number of nitrogen functional groups attached to an aromatic ring is 1. The third-order valence-corrected chi connectivity index (χ3v) is 3.79. The van der Waals surface area contributed by atoms with Crippen LogP contribution in [0.5, 0.6) is 0 Å². The molecule has 0 unspecified atom stereocenters. The number of rotatable bonds is 3. The van der Waals surface area contributed by atoms with E-state index in [1.807, 2.05) is 0 Å². The summed E-state index contributed by atoms with van der Waals surface area (Å²) in [6, 6.07) is 6.84. The number of aromatic nitrogens is 1. The zero-order chi connectivity index (χ0) is 14.0. The minimum atomic E-state index is -3.88. The van der Waals surface area contributed by atoms with E-state index < -0.39 is 15.8 Å². The average Bonchev–Trinajstić information content (AvgIpc) is 2.34. The number of hydrogen-bond acceptors (Lipinski definition) is 4. The Kier molecular flexibility index (Phi) is 3.39. The largest absolute Gasteiger partial charge is 0.384 e. The van der Waals surface area contributed by atoms with Crippen LogP contribution in [0.4, 0.5) is 15.9 Å². The summed E-state index contributed by atoms with van der Waals surface area (Å²) in [5.74, 6) is -0.432. The van der Waals surface area contributed by atoms with E-state index in [1.54, 1.807) is 13.0 Å². The molecular weight excluding hydrogens is 269 g/mol. The molecule has 0 aliphatic carbocycles. The third kappa shape index (κ3) is 3.00. The molecule has 19 heavy (non-hydrogen) atoms. The van der Waals surface area contributed by atoms with Crippen molar-refractivity contribution in [3.63, 3.8) is 0 Å². The van der Waals surface area contributed by atoms with Gasteiger partial charge in [-0.15, -0.1) is 0 Å². The summed E-state index contributed by atoms with van der Waals surface area (Å²) in [6.07, 6.45) is 1.12. The van der Waals surface area contributed by atoms with Gasteiger partial charge >= 0.3 is 0 Å². The van der Waals surface area contributed by atoms with E-state index >= 15 is 0 Å². The van der Waals surface area contributed by atoms with Crippen molar-refractivity contribution in [3.05, 3.63) is 47.9 Å². The lowest BCUT2D eigenvalue weighted by molar-refractivity contribution is 0.598. The molecule has 1 aromatic carbocycles. The highest BCUT2D eigenvalue weighted by molar-refractivity contribution is 7.92. The Bertz CT molecular complexity index is 699. The number of nitrogens with two attached hydrogens (primary N) is 1. The minimum absolute atomic E-state index is 0.0809. The summed E-state index contributed by atoms with van der Waals surface area (Å²) in [5, 5.41) is 0. The van der Waals surface area contributed by atoms with E-state index in [1.165, 1.54) is 24.3 Å². The monoisotopic (exact) mass is 281 g/mol. The van der Waals surface area contributed by atoms with Gasteiger partial charge in [-0.2, -0.15) is 0 Å². The molecule has 2 rings (SSSR count). The summed E-state index contributed by atoms with van der Waals surface area (Å²) in [7, 11) is -3.88. The van der Waals surface area contributed by atoms with Crippen molar-refractivity contribution in [2.45, 2.75) is 11.8 Å². The van der Waals surface area contributed by atoms with E-state index in [9.17, 15) is 12.8 Å². The second-order valence-electron chi connectivity index (χ2n) is 4.01. The maximum absolute atomic E-state index is 13.5. The fourth-order valence-electron chi connectivity index (χ4n) is 1.47. The number of pyridine rings is 1. The first kappa shape index (κ1) is 13.3. The highest BCUT2D eigenvalue weighted by Gasteiger charge is 2.16. The number of benzene rings is 1. The van der Waals surface area contributed by atoms with E-state index in [0.29, 0.717) is 0 Å². The van der Waals surface area contributed by atoms with Crippen molar-refractivity contribution in [1.82, 2.24) is 4.98 Å². The maximum atomic E-state index is 13.5. The lowest BCUT2D eigenvalue weighted by Gasteiger charge is -2.09. The van der Waals surface area contributed by atoms with E-state index in [4.69, 9.17) is 5.73 Å². The van der Waals surface area contributed by atoms with Gasteiger partial charge in [0.15, 0.2) is 0 Å². The van der Waals surface area contributed by atoms with Crippen LogP contribution in [0.15, 0.2) is 41.4 Å². The van der Waals surface area contributed by atoms with Gasteiger partial charge in [0, 0.05) is 6.20 Å². The summed E-state index contributed by atoms with van der Waals surface area (Å²) in [6.45, 7) is 1.74. The molecule has 5 nitrogen and oxygen atoms in total. The molecule has 1 heterocycles. The lowest BCUT2D eigenvalue weighted by Crippen LogP contribution is -2.14. The molecule has 0 aliphatic rings. The van der Waals surface area contributed by atoms with Gasteiger partial charge in [-0.05, 0) is 36.8 Å². The van der Waals surface area contributed by atoms with Gasteiger partial charge in [0.25, 0.3) is 10.0 Å². The number of sulfonamides is 1. The fourth-order valence-corrected chi connectivity index (χ4v) is 2.47. The number of halogens is 1. The Morgan fingerprint density at radius 2 is 2.00 bits per heavy atom. The second-order valence-corrected chi connectivity index (χ2v) is 5.69. The summed E-state index contributed by atoms with van der Waals surface area (Å²) in [5.41, 5.74) is 6.02. The number of nitrogens with zero attached hydrogens (tertiary/aromatic N) is 1. The molecule has 0 saturated heterocycles. The van der Waals surface area contributed by atoms with E-state index in [-0.39, 0.29) is 16.4 Å². The summed E-state index contributed by atoms with van der Waals surface area (Å²) in [4.78, 5) is 3.61. The highest BCUT2D eigenvalue weighted by atomic mass is 32.2. The van der Waals surface area contributed by atoms with Crippen LogP contribution in [0.1, 0.15) is 5.56 Å². The molecule has 0 saturated carbocycles. The molecular formula is C12H12FN3O2S. The molecule has 0 bridgehead atoms. The average molecular weight is 281 g/mol. The highest BCUT2D eigenvalue weighted by Crippen LogP contribution is 2.20. The van der Waals surface area contributed by atoms with Gasteiger partial charge in [0.05, 0.1) is 5.69 Å². The van der Waals surface area contributed by atoms with Crippen molar-refractivity contribution < 1.29 is 12.8 Å². The zero-order valence-electron chi connectivity index (χ0n) is 10.1. The predicted molar refractivity (Wildman–Crippen MR) is 70.6 cm³/mol. The van der Waals surface area contributed by atoms with Crippen molar-refractivity contribution in [1.29, 1.82) is 0 Å². The van der Waals surface area contributed by atoms with Crippen LogP contribution in [-0.2, 0) is 10.0 Å². The molecule has 0 aliphatic heterocycles. The van der Waals surface area contributed by atoms with Crippen molar-refractivity contribution in [3.8, 4) is 0 Å². The van der Waals surface area contributed by atoms with E-state index in [2.05, 4.69) is 9.71 Å². The van der Waals surface area contributed by atoms with Crippen LogP contribution in [0.25, 0.3) is 0 Å². The molecule has 100 valence electrons. The first-order valence-corrected chi connectivity index (χ1v) is 6.87. The van der Waals surface area contributed by atoms with Gasteiger partial charge in [-0.3, -0.25) is 4.72 Å². The van der Waals surface area contributed by atoms with Gasteiger partial charge in [0.2, 0.25) is 0 Å². The predicted octanol–water partition coefficient (Wildman–Crippen LogP) is 1.91. The van der Waals surface area contributed by atoms with Crippen LogP contribution in [0.3, 0.4) is 0 Å². The van der Waals surface area contributed by atoms with Gasteiger partial charge in [-0.1, -0.05) is 6.07 Å². The van der Waals surface area contributed by atoms with Crippen molar-refractivity contribution in [2.24, 2.45) is 0 Å². The Labute approximate surface area is 110 Å². The Hall–Kier alpha value is -2.15. The Morgan fingerprint density at radius 3 is 2.63 bits per heavy atom. The second kappa shape index (κ2) is 4.85. The summed E-state index contributed by atoms with van der Waals surface area (Å²) >= 11 is 0. The minimum Gasteiger partial charge on any atom is -0.384 e. The first-order chi connectivity index (χ1) is 8.88. The van der Waals surface area contributed by atoms with Crippen LogP contribution in [0, 0.1) is 12.7 Å². The van der Waals surface area contributed by atoms with Gasteiger partial charge in [-0.25, -0.2) is 17.8 Å². The smallest absolute Gasteiger partial charge is 0.263 e. The van der Waals surface area contributed by atoms with Gasteiger partial charge in [0.1, 0.15) is 16.5 Å². The Morgan fingerprint density at radius 1 is 1.26 bits per heavy atom. The molecule has 2 aromatic rings. The third-order valence-electron chi connectivity index (χ3n) is 2.44. The van der Waals surface area contributed by atoms with Crippen LogP contribution in [-0.4, -0.2) is 13.4 Å². The SMILES string of the molecule is Cc1ccc(F)c(NS(=O)(=O)c2ccc(N)nc2)c1. The lowest BCUT2D eigenvalue weighted by atomic mass is 10.2. The molecule has 0 atom stereocenters. The topological polar surface area (TPSA) is 85.1 Å². The molecule has 1 aromatic heterocycles. The number of nitrogens with one attached hydrogen (secondary N) is 1. The standard InChI is InChI=1S/C12H12FN3O2S/c1-8-2-4-10(13)11(6-8)16-19(17,18)9-3-5-12(14)15-7-9/h2-7,16H,1H3,(H2,14,15). The first-order valence-electron chi connectivity index (χ1n) is 5.39. The number of aryl methyl sites for hydroxylation is 1.